The van der Waals surface area contributed by atoms with Gasteiger partial charge in [-0.1, -0.05) is 0 Å². The van der Waals surface area contributed by atoms with Gasteiger partial charge in [-0.15, -0.1) is 0 Å². The molecule has 0 aliphatic rings. The van der Waals surface area contributed by atoms with E-state index >= 15 is 0 Å². The molecule has 1 atom stereocenters. The first-order chi connectivity index (χ1) is 8.97. The van der Waals surface area contributed by atoms with Crippen molar-refractivity contribution in [3.05, 3.63) is 22.9 Å². The molecule has 102 valence electrons. The second kappa shape index (κ2) is 6.71. The summed E-state index contributed by atoms with van der Waals surface area (Å²) in [6, 6.07) is 3.92. The van der Waals surface area contributed by atoms with Crippen LogP contribution < -0.4 is 5.32 Å². The number of hydrogen-bond donors (Lipinski definition) is 2. The summed E-state index contributed by atoms with van der Waals surface area (Å²) in [5, 5.41) is 20.8. The number of carbonyl (C=O) groups is 1. The molecular formula is C13H17N3O3. The molecule has 2 N–H and O–H groups in total. The molecule has 1 aromatic heterocycles. The Balaban J connectivity index is 2.82. The molecule has 6 heteroatoms. The van der Waals surface area contributed by atoms with Gasteiger partial charge in [0.15, 0.2) is 0 Å². The minimum atomic E-state index is -0.928. The molecular weight excluding hydrogens is 246 g/mol. The molecule has 1 heterocycles. The first kappa shape index (κ1) is 14.9. The Morgan fingerprint density at radius 3 is 2.84 bits per heavy atom. The lowest BCUT2D eigenvalue weighted by Gasteiger charge is -2.16. The molecule has 0 aromatic carbocycles. The average molecular weight is 263 g/mol. The standard InChI is InChI=1S/C13H17N3O3/c1-8-4-9(2)16-13(11(8)6-14)15-7-10(19-3)5-12(17)18/h4,10H,5,7H2,1-3H3,(H,15,16)(H,17,18). The van der Waals surface area contributed by atoms with E-state index in [0.717, 1.165) is 11.3 Å². The molecule has 0 saturated heterocycles. The van der Waals surface area contributed by atoms with E-state index in [4.69, 9.17) is 15.1 Å². The quantitative estimate of drug-likeness (QED) is 0.807. The van der Waals surface area contributed by atoms with Gasteiger partial charge in [0.05, 0.1) is 18.1 Å². The number of methoxy groups -OCH3 is 1. The Labute approximate surface area is 112 Å². The Kier molecular flexibility index (Phi) is 5.27. The lowest BCUT2D eigenvalue weighted by Crippen LogP contribution is -2.25. The van der Waals surface area contributed by atoms with Gasteiger partial charge in [-0.25, -0.2) is 4.98 Å². The van der Waals surface area contributed by atoms with Crippen molar-refractivity contribution in [2.75, 3.05) is 19.0 Å². The van der Waals surface area contributed by atoms with E-state index in [1.807, 2.05) is 19.9 Å². The van der Waals surface area contributed by atoms with Crippen LogP contribution in [0.4, 0.5) is 5.82 Å². The van der Waals surface area contributed by atoms with Crippen LogP contribution in [0.3, 0.4) is 0 Å². The number of ether oxygens (including phenoxy) is 1. The number of hydrogen-bond acceptors (Lipinski definition) is 5. The summed E-state index contributed by atoms with van der Waals surface area (Å²) in [6.07, 6.45) is -0.567. The van der Waals surface area contributed by atoms with E-state index in [2.05, 4.69) is 16.4 Å². The van der Waals surface area contributed by atoms with Crippen molar-refractivity contribution in [2.45, 2.75) is 26.4 Å². The van der Waals surface area contributed by atoms with Crippen LogP contribution in [-0.2, 0) is 9.53 Å². The molecule has 0 radical (unpaired) electrons. The molecule has 1 unspecified atom stereocenters. The third kappa shape index (κ3) is 4.23. The Bertz CT molecular complexity index is 509. The molecule has 19 heavy (non-hydrogen) atoms. The van der Waals surface area contributed by atoms with E-state index < -0.39 is 12.1 Å². The second-order valence-corrected chi connectivity index (χ2v) is 4.25. The highest BCUT2D eigenvalue weighted by Gasteiger charge is 2.14. The van der Waals surface area contributed by atoms with Crippen LogP contribution in [0.2, 0.25) is 0 Å². The first-order valence-electron chi connectivity index (χ1n) is 5.84. The Hall–Kier alpha value is -2.13. The molecule has 0 bridgehead atoms. The summed E-state index contributed by atoms with van der Waals surface area (Å²) < 4.78 is 5.06. The van der Waals surface area contributed by atoms with Crippen molar-refractivity contribution in [3.8, 4) is 6.07 Å². The molecule has 0 aliphatic carbocycles. The zero-order valence-electron chi connectivity index (χ0n) is 11.2. The number of rotatable bonds is 6. The fourth-order valence-corrected chi connectivity index (χ4v) is 1.75. The maximum absolute atomic E-state index is 10.6. The topological polar surface area (TPSA) is 95.2 Å². The number of nitriles is 1. The first-order valence-corrected chi connectivity index (χ1v) is 5.84. The van der Waals surface area contributed by atoms with E-state index in [-0.39, 0.29) is 13.0 Å². The smallest absolute Gasteiger partial charge is 0.306 e. The lowest BCUT2D eigenvalue weighted by atomic mass is 10.1. The maximum Gasteiger partial charge on any atom is 0.306 e. The van der Waals surface area contributed by atoms with Gasteiger partial charge in [0.2, 0.25) is 0 Å². The zero-order valence-corrected chi connectivity index (χ0v) is 11.2. The van der Waals surface area contributed by atoms with E-state index in [9.17, 15) is 4.79 Å². The number of nitrogens with one attached hydrogen (secondary N) is 1. The van der Waals surface area contributed by atoms with Crippen LogP contribution in [0.1, 0.15) is 23.2 Å². The summed E-state index contributed by atoms with van der Waals surface area (Å²) >= 11 is 0. The number of nitrogens with zero attached hydrogens (tertiary/aromatic N) is 2. The zero-order chi connectivity index (χ0) is 14.4. The van der Waals surface area contributed by atoms with Crippen molar-refractivity contribution >= 4 is 11.8 Å². The fourth-order valence-electron chi connectivity index (χ4n) is 1.75. The van der Waals surface area contributed by atoms with Crippen LogP contribution in [0, 0.1) is 25.2 Å². The highest BCUT2D eigenvalue weighted by atomic mass is 16.5. The average Bonchev–Trinajstić information content (AvgIpc) is 2.33. The second-order valence-electron chi connectivity index (χ2n) is 4.25. The summed E-state index contributed by atoms with van der Waals surface area (Å²) in [4.78, 5) is 14.9. The van der Waals surface area contributed by atoms with Gasteiger partial charge in [0, 0.05) is 19.3 Å². The number of carboxylic acid groups (broad SMARTS) is 1. The normalized spacial score (nSPS) is 11.7. The van der Waals surface area contributed by atoms with Gasteiger partial charge in [-0.2, -0.15) is 5.26 Å². The van der Waals surface area contributed by atoms with Gasteiger partial charge >= 0.3 is 5.97 Å². The van der Waals surface area contributed by atoms with Crippen LogP contribution in [-0.4, -0.2) is 35.8 Å². The van der Waals surface area contributed by atoms with Gasteiger partial charge in [-0.05, 0) is 25.5 Å². The van der Waals surface area contributed by atoms with E-state index in [0.29, 0.717) is 11.4 Å². The van der Waals surface area contributed by atoms with Crippen molar-refractivity contribution in [2.24, 2.45) is 0 Å². The predicted octanol–water partition coefficient (Wildman–Crippen LogP) is 1.47. The third-order valence-corrected chi connectivity index (χ3v) is 2.69. The predicted molar refractivity (Wildman–Crippen MR) is 70.0 cm³/mol. The third-order valence-electron chi connectivity index (χ3n) is 2.69. The van der Waals surface area contributed by atoms with Gasteiger partial charge < -0.3 is 15.2 Å². The summed E-state index contributed by atoms with van der Waals surface area (Å²) in [6.45, 7) is 3.96. The molecule has 0 fully saturated rings. The summed E-state index contributed by atoms with van der Waals surface area (Å²) in [5.74, 6) is -0.463. The highest BCUT2D eigenvalue weighted by Crippen LogP contribution is 2.17. The van der Waals surface area contributed by atoms with E-state index in [1.54, 1.807) is 0 Å². The molecule has 1 aromatic rings. The number of aliphatic carboxylic acids is 1. The monoisotopic (exact) mass is 263 g/mol. The highest BCUT2D eigenvalue weighted by molar-refractivity contribution is 5.67. The largest absolute Gasteiger partial charge is 0.481 e. The number of aryl methyl sites for hydroxylation is 2. The molecule has 0 aliphatic heterocycles. The number of pyridine rings is 1. The number of anilines is 1. The number of carboxylic acids is 1. The fraction of sp³-hybridized carbons (Fsp3) is 0.462. The summed E-state index contributed by atoms with van der Waals surface area (Å²) in [7, 11) is 1.45. The van der Waals surface area contributed by atoms with Crippen molar-refractivity contribution in [1.29, 1.82) is 5.26 Å². The van der Waals surface area contributed by atoms with E-state index in [1.165, 1.54) is 7.11 Å². The van der Waals surface area contributed by atoms with Gasteiger partial charge in [0.1, 0.15) is 11.9 Å². The summed E-state index contributed by atoms with van der Waals surface area (Å²) in [5.41, 5.74) is 2.10. The van der Waals surface area contributed by atoms with Crippen molar-refractivity contribution in [1.82, 2.24) is 4.98 Å². The van der Waals surface area contributed by atoms with Crippen LogP contribution in [0.15, 0.2) is 6.07 Å². The SMILES string of the molecule is COC(CNc1nc(C)cc(C)c1C#N)CC(=O)O. The molecule has 0 amide bonds. The molecule has 0 spiro atoms. The minimum Gasteiger partial charge on any atom is -0.481 e. The lowest BCUT2D eigenvalue weighted by molar-refractivity contribution is -0.139. The Morgan fingerprint density at radius 2 is 2.32 bits per heavy atom. The van der Waals surface area contributed by atoms with Gasteiger partial charge in [-0.3, -0.25) is 4.79 Å². The minimum absolute atomic E-state index is 0.101. The molecule has 0 saturated carbocycles. The number of aromatic nitrogens is 1. The molecule has 1 rings (SSSR count). The Morgan fingerprint density at radius 1 is 1.63 bits per heavy atom. The van der Waals surface area contributed by atoms with Crippen molar-refractivity contribution < 1.29 is 14.6 Å². The van der Waals surface area contributed by atoms with Crippen molar-refractivity contribution in [3.63, 3.8) is 0 Å². The van der Waals surface area contributed by atoms with Crippen LogP contribution in [0.25, 0.3) is 0 Å². The molecule has 6 nitrogen and oxygen atoms in total. The van der Waals surface area contributed by atoms with Gasteiger partial charge in [0.25, 0.3) is 0 Å². The maximum atomic E-state index is 10.6. The van der Waals surface area contributed by atoms with Crippen LogP contribution >= 0.6 is 0 Å². The van der Waals surface area contributed by atoms with Crippen LogP contribution in [0.5, 0.6) is 0 Å².